The molecule has 0 aliphatic heterocycles. The van der Waals surface area contributed by atoms with Gasteiger partial charge in [0.05, 0.1) is 6.54 Å². The average molecular weight is 264 g/mol. The Morgan fingerprint density at radius 2 is 1.74 bits per heavy atom. The molecule has 0 saturated carbocycles. The van der Waals surface area contributed by atoms with Gasteiger partial charge in [0.2, 0.25) is 5.91 Å². The molecule has 0 aromatic heterocycles. The van der Waals surface area contributed by atoms with Crippen LogP contribution in [-0.2, 0) is 4.79 Å². The number of benzene rings is 1. The number of phenolic OH excluding ortho intramolecular Hbond substituents is 1. The topological polar surface area (TPSA) is 43.8 Å². The van der Waals surface area contributed by atoms with Gasteiger partial charge in [-0.15, -0.1) is 0 Å². The van der Waals surface area contributed by atoms with Gasteiger partial charge in [-0.3, -0.25) is 9.69 Å². The summed E-state index contributed by atoms with van der Waals surface area (Å²) in [4.78, 5) is 15.9. The van der Waals surface area contributed by atoms with Gasteiger partial charge in [-0.2, -0.15) is 0 Å². The van der Waals surface area contributed by atoms with Crippen LogP contribution in [0.1, 0.15) is 32.4 Å². The summed E-state index contributed by atoms with van der Waals surface area (Å²) in [6.07, 6.45) is 0. The normalized spacial score (nSPS) is 12.5. The third kappa shape index (κ3) is 4.24. The summed E-state index contributed by atoms with van der Waals surface area (Å²) >= 11 is 0. The van der Waals surface area contributed by atoms with Crippen LogP contribution in [-0.4, -0.2) is 47.5 Å². The average Bonchev–Trinajstić information content (AvgIpc) is 2.40. The molecule has 1 unspecified atom stereocenters. The molecular weight excluding hydrogens is 240 g/mol. The van der Waals surface area contributed by atoms with E-state index in [2.05, 4.69) is 6.92 Å². The van der Waals surface area contributed by atoms with Gasteiger partial charge in [-0.1, -0.05) is 12.1 Å². The lowest BCUT2D eigenvalue weighted by Crippen LogP contribution is -2.39. The van der Waals surface area contributed by atoms with Crippen molar-refractivity contribution in [2.45, 2.75) is 26.8 Å². The fraction of sp³-hybridized carbons (Fsp3) is 0.533. The van der Waals surface area contributed by atoms with Crippen LogP contribution in [0.25, 0.3) is 0 Å². The highest BCUT2D eigenvalue weighted by Gasteiger charge is 2.17. The molecule has 1 aromatic rings. The lowest BCUT2D eigenvalue weighted by atomic mass is 10.1. The maximum Gasteiger partial charge on any atom is 0.236 e. The van der Waals surface area contributed by atoms with E-state index in [0.29, 0.717) is 6.54 Å². The van der Waals surface area contributed by atoms with Crippen LogP contribution in [0, 0.1) is 0 Å². The molecule has 4 nitrogen and oxygen atoms in total. The molecule has 0 aliphatic rings. The molecular formula is C15H24N2O2. The molecule has 106 valence electrons. The van der Waals surface area contributed by atoms with Gasteiger partial charge in [0, 0.05) is 19.1 Å². The molecule has 1 amide bonds. The van der Waals surface area contributed by atoms with Gasteiger partial charge in [0.15, 0.2) is 0 Å². The lowest BCUT2D eigenvalue weighted by molar-refractivity contribution is -0.132. The van der Waals surface area contributed by atoms with E-state index in [1.54, 1.807) is 12.1 Å². The van der Waals surface area contributed by atoms with Crippen molar-refractivity contribution < 1.29 is 9.90 Å². The molecule has 0 heterocycles. The van der Waals surface area contributed by atoms with E-state index in [9.17, 15) is 9.90 Å². The molecule has 0 aliphatic carbocycles. The molecule has 1 N–H and O–H groups in total. The summed E-state index contributed by atoms with van der Waals surface area (Å²) in [5.74, 6) is 0.413. The molecule has 0 saturated heterocycles. The highest BCUT2D eigenvalue weighted by atomic mass is 16.3. The van der Waals surface area contributed by atoms with Gasteiger partial charge >= 0.3 is 0 Å². The Hall–Kier alpha value is -1.55. The minimum absolute atomic E-state index is 0.139. The van der Waals surface area contributed by atoms with Crippen LogP contribution in [0.4, 0.5) is 0 Å². The van der Waals surface area contributed by atoms with Crippen molar-refractivity contribution in [1.29, 1.82) is 0 Å². The SMILES string of the molecule is CCN(CC)C(=O)CN(C)C(C)c1ccc(O)cc1. The molecule has 4 heteroatoms. The van der Waals surface area contributed by atoms with Crippen molar-refractivity contribution in [2.75, 3.05) is 26.7 Å². The Morgan fingerprint density at radius 3 is 2.21 bits per heavy atom. The van der Waals surface area contributed by atoms with Gasteiger partial charge in [-0.25, -0.2) is 0 Å². The highest BCUT2D eigenvalue weighted by molar-refractivity contribution is 5.78. The summed E-state index contributed by atoms with van der Waals surface area (Å²) in [6, 6.07) is 7.26. The Balaban J connectivity index is 2.64. The zero-order valence-corrected chi connectivity index (χ0v) is 12.3. The summed E-state index contributed by atoms with van der Waals surface area (Å²) in [7, 11) is 1.94. The van der Waals surface area contributed by atoms with Gasteiger partial charge in [0.1, 0.15) is 5.75 Å². The van der Waals surface area contributed by atoms with E-state index >= 15 is 0 Å². The lowest BCUT2D eigenvalue weighted by Gasteiger charge is -2.27. The van der Waals surface area contributed by atoms with Crippen molar-refractivity contribution in [3.05, 3.63) is 29.8 Å². The molecule has 0 spiro atoms. The van der Waals surface area contributed by atoms with Crippen LogP contribution < -0.4 is 0 Å². The van der Waals surface area contributed by atoms with E-state index in [-0.39, 0.29) is 17.7 Å². The molecule has 0 bridgehead atoms. The second-order valence-corrected chi connectivity index (χ2v) is 4.75. The van der Waals surface area contributed by atoms with Crippen LogP contribution in [0.3, 0.4) is 0 Å². The molecule has 19 heavy (non-hydrogen) atoms. The van der Waals surface area contributed by atoms with Crippen molar-refractivity contribution >= 4 is 5.91 Å². The third-order valence-corrected chi connectivity index (χ3v) is 3.54. The first kappa shape index (κ1) is 15.5. The quantitative estimate of drug-likeness (QED) is 0.857. The van der Waals surface area contributed by atoms with E-state index in [1.807, 2.05) is 42.8 Å². The second kappa shape index (κ2) is 7.14. The largest absolute Gasteiger partial charge is 0.508 e. The Kier molecular flexibility index (Phi) is 5.83. The fourth-order valence-corrected chi connectivity index (χ4v) is 2.03. The van der Waals surface area contributed by atoms with E-state index < -0.39 is 0 Å². The summed E-state index contributed by atoms with van der Waals surface area (Å²) in [5.41, 5.74) is 1.09. The van der Waals surface area contributed by atoms with Crippen LogP contribution in [0.2, 0.25) is 0 Å². The Bertz CT molecular complexity index is 399. The highest BCUT2D eigenvalue weighted by Crippen LogP contribution is 2.20. The zero-order valence-electron chi connectivity index (χ0n) is 12.3. The molecule has 1 atom stereocenters. The number of rotatable bonds is 6. The van der Waals surface area contributed by atoms with Crippen LogP contribution in [0.15, 0.2) is 24.3 Å². The number of likely N-dealkylation sites (N-methyl/N-ethyl adjacent to an activating group) is 2. The maximum atomic E-state index is 12.0. The number of phenols is 1. The smallest absolute Gasteiger partial charge is 0.236 e. The van der Waals surface area contributed by atoms with Gasteiger partial charge in [0.25, 0.3) is 0 Å². The Labute approximate surface area is 115 Å². The van der Waals surface area contributed by atoms with Gasteiger partial charge < -0.3 is 10.0 Å². The molecule has 0 radical (unpaired) electrons. The summed E-state index contributed by atoms with van der Waals surface area (Å²) < 4.78 is 0. The summed E-state index contributed by atoms with van der Waals surface area (Å²) in [6.45, 7) is 7.94. The number of aromatic hydroxyl groups is 1. The summed E-state index contributed by atoms with van der Waals surface area (Å²) in [5, 5.41) is 9.28. The number of hydrogen-bond donors (Lipinski definition) is 1. The number of carbonyl (C=O) groups is 1. The predicted octanol–water partition coefficient (Wildman–Crippen LogP) is 2.25. The van der Waals surface area contributed by atoms with Crippen molar-refractivity contribution in [2.24, 2.45) is 0 Å². The van der Waals surface area contributed by atoms with Crippen LogP contribution in [0.5, 0.6) is 5.75 Å². The third-order valence-electron chi connectivity index (χ3n) is 3.54. The minimum atomic E-state index is 0.139. The molecule has 1 rings (SSSR count). The van der Waals surface area contributed by atoms with Crippen molar-refractivity contribution in [3.8, 4) is 5.75 Å². The number of amides is 1. The van der Waals surface area contributed by atoms with E-state index in [1.165, 1.54) is 0 Å². The zero-order chi connectivity index (χ0) is 14.4. The first-order valence-electron chi connectivity index (χ1n) is 6.76. The Morgan fingerprint density at radius 1 is 1.21 bits per heavy atom. The first-order valence-corrected chi connectivity index (χ1v) is 6.76. The van der Waals surface area contributed by atoms with Crippen LogP contribution >= 0.6 is 0 Å². The van der Waals surface area contributed by atoms with Crippen molar-refractivity contribution in [3.63, 3.8) is 0 Å². The maximum absolute atomic E-state index is 12.0. The number of nitrogens with zero attached hydrogens (tertiary/aromatic N) is 2. The first-order chi connectivity index (χ1) is 8.99. The monoisotopic (exact) mass is 264 g/mol. The number of carbonyl (C=O) groups excluding carboxylic acids is 1. The van der Waals surface area contributed by atoms with E-state index in [0.717, 1.165) is 18.7 Å². The van der Waals surface area contributed by atoms with E-state index in [4.69, 9.17) is 0 Å². The predicted molar refractivity (Wildman–Crippen MR) is 77.1 cm³/mol. The van der Waals surface area contributed by atoms with Gasteiger partial charge in [-0.05, 0) is 45.5 Å². The molecule has 1 aromatic carbocycles. The minimum Gasteiger partial charge on any atom is -0.508 e. The number of hydrogen-bond acceptors (Lipinski definition) is 3. The van der Waals surface area contributed by atoms with Crippen molar-refractivity contribution in [1.82, 2.24) is 9.80 Å². The fourth-order valence-electron chi connectivity index (χ4n) is 2.03. The molecule has 0 fully saturated rings. The standard InChI is InChI=1S/C15H24N2O2/c1-5-17(6-2)15(19)11-16(4)12(3)13-7-9-14(18)10-8-13/h7-10,12,18H,5-6,11H2,1-4H3. The second-order valence-electron chi connectivity index (χ2n) is 4.75.